The largest absolute Gasteiger partial charge is 0.491 e. The number of aromatic nitrogens is 4. The molecule has 0 radical (unpaired) electrons. The number of pyridine rings is 2. The Morgan fingerprint density at radius 1 is 1.21 bits per heavy atom. The van der Waals surface area contributed by atoms with E-state index in [1.165, 1.54) is 6.39 Å². The second-order valence-corrected chi connectivity index (χ2v) is 8.85. The van der Waals surface area contributed by atoms with Crippen LogP contribution in [0.3, 0.4) is 0 Å². The monoisotopic (exact) mass is 520 g/mol. The number of imidazole rings is 1. The third-order valence-electron chi connectivity index (χ3n) is 6.27. The molecule has 0 aliphatic heterocycles. The van der Waals surface area contributed by atoms with E-state index in [-0.39, 0.29) is 6.54 Å². The van der Waals surface area contributed by atoms with Gasteiger partial charge in [0.15, 0.2) is 17.8 Å². The Morgan fingerprint density at radius 2 is 2.11 bits per heavy atom. The molecule has 0 amide bonds. The number of alkyl halides is 1. The van der Waals surface area contributed by atoms with Crippen LogP contribution in [0.25, 0.3) is 39.3 Å². The first-order valence-electron chi connectivity index (χ1n) is 12.6. The summed E-state index contributed by atoms with van der Waals surface area (Å²) in [5, 5.41) is 3.85. The molecule has 1 aromatic carbocycles. The third kappa shape index (κ3) is 5.32. The SMILES string of the molecule is CCNCC(F)[C@@H](C)Oc1cccc2c(-c3cnco3)cc(-c3c[nH]c4cc(OCCOC)cc[n+]34)nc12. The van der Waals surface area contributed by atoms with Crippen molar-refractivity contribution in [2.24, 2.45) is 0 Å². The summed E-state index contributed by atoms with van der Waals surface area (Å²) in [4.78, 5) is 12.4. The minimum Gasteiger partial charge on any atom is -0.491 e. The van der Waals surface area contributed by atoms with Crippen LogP contribution >= 0.6 is 0 Å². The van der Waals surface area contributed by atoms with Gasteiger partial charge < -0.3 is 23.9 Å². The first kappa shape index (κ1) is 25.6. The Kier molecular flexibility index (Phi) is 7.81. The summed E-state index contributed by atoms with van der Waals surface area (Å²) in [5.41, 5.74) is 3.75. The molecule has 0 aliphatic rings. The molecular weight excluding hydrogens is 489 g/mol. The second kappa shape index (κ2) is 11.6. The van der Waals surface area contributed by atoms with E-state index in [1.807, 2.05) is 60.1 Å². The van der Waals surface area contributed by atoms with Gasteiger partial charge in [-0.2, -0.15) is 4.40 Å². The number of H-pyrrole nitrogens is 1. The summed E-state index contributed by atoms with van der Waals surface area (Å²) < 4.78 is 39.3. The summed E-state index contributed by atoms with van der Waals surface area (Å²) in [6.45, 7) is 5.54. The maximum Gasteiger partial charge on any atom is 0.288 e. The Bertz CT molecular complexity index is 1500. The van der Waals surface area contributed by atoms with Crippen molar-refractivity contribution in [1.82, 2.24) is 20.3 Å². The van der Waals surface area contributed by atoms with Gasteiger partial charge in [-0.15, -0.1) is 0 Å². The zero-order valence-electron chi connectivity index (χ0n) is 21.6. The molecule has 0 bridgehead atoms. The van der Waals surface area contributed by atoms with E-state index >= 15 is 0 Å². The number of rotatable bonds is 12. The Labute approximate surface area is 219 Å². The van der Waals surface area contributed by atoms with E-state index in [0.29, 0.717) is 42.5 Å². The van der Waals surface area contributed by atoms with Crippen LogP contribution < -0.4 is 19.2 Å². The molecule has 0 fully saturated rings. The molecular formula is C28H31FN5O4+. The predicted molar refractivity (Wildman–Crippen MR) is 141 cm³/mol. The number of hydrogen-bond donors (Lipinski definition) is 2. The molecule has 2 atom stereocenters. The van der Waals surface area contributed by atoms with Gasteiger partial charge in [-0.3, -0.25) is 0 Å². The Balaban J connectivity index is 1.58. The molecule has 0 spiro atoms. The van der Waals surface area contributed by atoms with Gasteiger partial charge in [0.2, 0.25) is 0 Å². The highest BCUT2D eigenvalue weighted by atomic mass is 19.1. The first-order valence-corrected chi connectivity index (χ1v) is 12.6. The van der Waals surface area contributed by atoms with Crippen LogP contribution in [0.4, 0.5) is 4.39 Å². The van der Waals surface area contributed by atoms with E-state index in [4.69, 9.17) is 23.6 Å². The van der Waals surface area contributed by atoms with E-state index < -0.39 is 12.3 Å². The lowest BCUT2D eigenvalue weighted by Gasteiger charge is -2.20. The van der Waals surface area contributed by atoms with Crippen LogP contribution in [0.2, 0.25) is 0 Å². The van der Waals surface area contributed by atoms with Gasteiger partial charge in [-0.25, -0.2) is 19.3 Å². The molecule has 5 aromatic rings. The lowest BCUT2D eigenvalue weighted by molar-refractivity contribution is -0.498. The maximum atomic E-state index is 14.7. The normalized spacial score (nSPS) is 13.2. The summed E-state index contributed by atoms with van der Waals surface area (Å²) in [6.07, 6.45) is 5.01. The van der Waals surface area contributed by atoms with Crippen molar-refractivity contribution in [2.45, 2.75) is 26.1 Å². The van der Waals surface area contributed by atoms with Crippen LogP contribution in [-0.4, -0.2) is 60.6 Å². The molecule has 0 saturated carbocycles. The van der Waals surface area contributed by atoms with Crippen molar-refractivity contribution < 1.29 is 27.4 Å². The smallest absolute Gasteiger partial charge is 0.288 e. The molecule has 4 aromatic heterocycles. The van der Waals surface area contributed by atoms with Crippen LogP contribution in [0, 0.1) is 0 Å². The third-order valence-corrected chi connectivity index (χ3v) is 6.27. The number of aromatic amines is 1. The Morgan fingerprint density at radius 3 is 2.89 bits per heavy atom. The highest BCUT2D eigenvalue weighted by molar-refractivity contribution is 5.98. The lowest BCUT2D eigenvalue weighted by atomic mass is 10.0. The van der Waals surface area contributed by atoms with Crippen molar-refractivity contribution >= 4 is 16.6 Å². The van der Waals surface area contributed by atoms with E-state index in [0.717, 1.165) is 28.0 Å². The fourth-order valence-corrected chi connectivity index (χ4v) is 4.27. The molecule has 2 N–H and O–H groups in total. The van der Waals surface area contributed by atoms with Gasteiger partial charge >= 0.3 is 0 Å². The number of nitrogens with zero attached hydrogens (tertiary/aromatic N) is 3. The zero-order valence-corrected chi connectivity index (χ0v) is 21.6. The number of hydrogen-bond acceptors (Lipinski definition) is 7. The van der Waals surface area contributed by atoms with Gasteiger partial charge in [0.25, 0.3) is 5.65 Å². The highest BCUT2D eigenvalue weighted by Gasteiger charge is 2.23. The van der Waals surface area contributed by atoms with Gasteiger partial charge in [0.05, 0.1) is 18.9 Å². The molecule has 10 heteroatoms. The second-order valence-electron chi connectivity index (χ2n) is 8.85. The van der Waals surface area contributed by atoms with Gasteiger partial charge in [0.1, 0.15) is 54.0 Å². The molecule has 0 aliphatic carbocycles. The highest BCUT2D eigenvalue weighted by Crippen LogP contribution is 2.36. The molecule has 198 valence electrons. The van der Waals surface area contributed by atoms with Crippen LogP contribution in [0.5, 0.6) is 11.5 Å². The molecule has 38 heavy (non-hydrogen) atoms. The maximum absolute atomic E-state index is 14.7. The van der Waals surface area contributed by atoms with E-state index in [2.05, 4.69) is 15.3 Å². The number of benzene rings is 1. The van der Waals surface area contributed by atoms with Gasteiger partial charge in [0, 0.05) is 30.7 Å². The number of oxazole rings is 1. The quantitative estimate of drug-likeness (QED) is 0.186. The number of methoxy groups -OCH3 is 1. The summed E-state index contributed by atoms with van der Waals surface area (Å²) >= 11 is 0. The van der Waals surface area contributed by atoms with Crippen LogP contribution in [-0.2, 0) is 4.74 Å². The van der Waals surface area contributed by atoms with Crippen molar-refractivity contribution in [3.05, 3.63) is 61.4 Å². The van der Waals surface area contributed by atoms with Crippen molar-refractivity contribution in [2.75, 3.05) is 33.4 Å². The molecule has 0 saturated heterocycles. The van der Waals surface area contributed by atoms with Crippen molar-refractivity contribution in [1.29, 1.82) is 0 Å². The van der Waals surface area contributed by atoms with Gasteiger partial charge in [-0.1, -0.05) is 19.1 Å². The fourth-order valence-electron chi connectivity index (χ4n) is 4.27. The van der Waals surface area contributed by atoms with Crippen LogP contribution in [0.15, 0.2) is 65.8 Å². The van der Waals surface area contributed by atoms with Crippen LogP contribution in [0.1, 0.15) is 13.8 Å². The van der Waals surface area contributed by atoms with Gasteiger partial charge in [-0.05, 0) is 25.6 Å². The standard InChI is InChI=1S/C28H30FN5O4/c1-4-30-14-22(29)18(2)38-25-7-5-6-20-21(26-16-31-17-37-26)13-23(33-28(20)25)24-15-32-27-12-19(8-9-34(24)27)36-11-10-35-3/h5-9,12-13,15-18,22,30H,4,10-11,14H2,1-3H3/p+1/t18-,22?/m1/s1. The van der Waals surface area contributed by atoms with Crippen molar-refractivity contribution in [3.8, 4) is 34.2 Å². The number of fused-ring (bicyclic) bond motifs is 2. The summed E-state index contributed by atoms with van der Waals surface area (Å²) in [7, 11) is 1.64. The first-order chi connectivity index (χ1) is 18.6. The van der Waals surface area contributed by atoms with Crippen molar-refractivity contribution in [3.63, 3.8) is 0 Å². The Hall–Kier alpha value is -4.02. The summed E-state index contributed by atoms with van der Waals surface area (Å²) in [5.74, 6) is 1.82. The minimum atomic E-state index is -1.17. The number of para-hydroxylation sites is 1. The van der Waals surface area contributed by atoms with E-state index in [1.54, 1.807) is 20.2 Å². The predicted octanol–water partition coefficient (Wildman–Crippen LogP) is 4.36. The topological polar surface area (TPSA) is 98.5 Å². The summed E-state index contributed by atoms with van der Waals surface area (Å²) in [6, 6.07) is 11.4. The molecule has 1 unspecified atom stereocenters. The molecule has 4 heterocycles. The fraction of sp³-hybridized carbons (Fsp3) is 0.321. The van der Waals surface area contributed by atoms with E-state index in [9.17, 15) is 4.39 Å². The number of nitrogens with one attached hydrogen (secondary N) is 2. The zero-order chi connectivity index (χ0) is 26.5. The number of halogens is 1. The minimum absolute atomic E-state index is 0.216. The average molecular weight is 521 g/mol. The molecule has 5 rings (SSSR count). The average Bonchev–Trinajstić information content (AvgIpc) is 3.62. The lowest BCUT2D eigenvalue weighted by Crippen LogP contribution is -2.34. The number of ether oxygens (including phenoxy) is 3. The molecule has 9 nitrogen and oxygen atoms in total.